The normalized spacial score (nSPS) is 12.4. The first-order valence-corrected chi connectivity index (χ1v) is 8.33. The van der Waals surface area contributed by atoms with Gasteiger partial charge in [-0.15, -0.1) is 10.2 Å². The highest BCUT2D eigenvalue weighted by molar-refractivity contribution is 5.92. The zero-order chi connectivity index (χ0) is 18.0. The largest absolute Gasteiger partial charge is 0.481 e. The highest BCUT2D eigenvalue weighted by Gasteiger charge is 2.18. The second-order valence-corrected chi connectivity index (χ2v) is 6.37. The quantitative estimate of drug-likeness (QED) is 0.772. The van der Waals surface area contributed by atoms with Gasteiger partial charge in [0.05, 0.1) is 0 Å². The molecule has 0 aliphatic heterocycles. The van der Waals surface area contributed by atoms with E-state index in [0.717, 1.165) is 5.56 Å². The van der Waals surface area contributed by atoms with Crippen molar-refractivity contribution in [2.24, 2.45) is 0 Å². The molecule has 1 aromatic carbocycles. The molecule has 3 aromatic rings. The second-order valence-electron chi connectivity index (χ2n) is 6.37. The van der Waals surface area contributed by atoms with Gasteiger partial charge in [-0.05, 0) is 55.2 Å². The third kappa shape index (κ3) is 3.63. The van der Waals surface area contributed by atoms with Crippen molar-refractivity contribution < 1.29 is 9.53 Å². The van der Waals surface area contributed by atoms with Gasteiger partial charge in [0.1, 0.15) is 5.75 Å². The summed E-state index contributed by atoms with van der Waals surface area (Å²) in [4.78, 5) is 12.4. The monoisotopic (exact) mass is 338 g/mol. The lowest BCUT2D eigenvalue weighted by Gasteiger charge is -2.16. The summed E-state index contributed by atoms with van der Waals surface area (Å²) < 4.78 is 7.50. The van der Waals surface area contributed by atoms with E-state index in [0.29, 0.717) is 23.3 Å². The molecule has 1 amide bonds. The Bertz CT molecular complexity index is 901. The van der Waals surface area contributed by atoms with Crippen LogP contribution >= 0.6 is 0 Å². The summed E-state index contributed by atoms with van der Waals surface area (Å²) >= 11 is 0. The molecule has 0 spiro atoms. The van der Waals surface area contributed by atoms with Crippen LogP contribution in [0.1, 0.15) is 37.8 Å². The van der Waals surface area contributed by atoms with Crippen LogP contribution in [-0.4, -0.2) is 26.6 Å². The van der Waals surface area contributed by atoms with Gasteiger partial charge in [-0.3, -0.25) is 14.5 Å². The topological polar surface area (TPSA) is 68.5 Å². The van der Waals surface area contributed by atoms with Crippen molar-refractivity contribution >= 4 is 17.5 Å². The van der Waals surface area contributed by atoms with Crippen LogP contribution in [0.2, 0.25) is 0 Å². The van der Waals surface area contributed by atoms with Crippen LogP contribution in [0.3, 0.4) is 0 Å². The lowest BCUT2D eigenvalue weighted by molar-refractivity contribution is -0.122. The number of hydrogen-bond acceptors (Lipinski definition) is 4. The Morgan fingerprint density at radius 2 is 1.96 bits per heavy atom. The Morgan fingerprint density at radius 3 is 2.68 bits per heavy atom. The summed E-state index contributed by atoms with van der Waals surface area (Å²) in [6, 6.07) is 11.5. The van der Waals surface area contributed by atoms with E-state index in [2.05, 4.69) is 36.3 Å². The molecule has 0 saturated heterocycles. The third-order valence-corrected chi connectivity index (χ3v) is 4.09. The Hall–Kier alpha value is -2.89. The fraction of sp³-hybridized carbons (Fsp3) is 0.316. The predicted octanol–water partition coefficient (Wildman–Crippen LogP) is 3.57. The molecule has 1 atom stereocenters. The fourth-order valence-electron chi connectivity index (χ4n) is 2.77. The van der Waals surface area contributed by atoms with Crippen LogP contribution in [0.15, 0.2) is 42.6 Å². The molecule has 0 radical (unpaired) electrons. The zero-order valence-corrected chi connectivity index (χ0v) is 14.9. The number of nitrogens with one attached hydrogen (secondary N) is 1. The number of ether oxygens (including phenoxy) is 1. The molecular formula is C19H22N4O2. The number of pyridine rings is 1. The molecular weight excluding hydrogens is 316 g/mol. The first-order chi connectivity index (χ1) is 12.0. The minimum absolute atomic E-state index is 0.274. The number of aromatic nitrogens is 3. The smallest absolute Gasteiger partial charge is 0.267 e. The van der Waals surface area contributed by atoms with E-state index in [4.69, 9.17) is 4.74 Å². The molecule has 1 N–H and O–H groups in total. The number of carbonyl (C=O) groups excluding carboxylic acids is 1. The van der Waals surface area contributed by atoms with Gasteiger partial charge in [0.15, 0.2) is 11.8 Å². The van der Waals surface area contributed by atoms with E-state index < -0.39 is 6.10 Å². The SMILES string of the molecule is Cc1cc(OC(C)C(=O)Nc2nnc3ccccn23)ccc1C(C)C. The van der Waals surface area contributed by atoms with Crippen molar-refractivity contribution in [1.82, 2.24) is 14.6 Å². The maximum Gasteiger partial charge on any atom is 0.267 e. The van der Waals surface area contributed by atoms with E-state index in [9.17, 15) is 4.79 Å². The number of hydrogen-bond donors (Lipinski definition) is 1. The van der Waals surface area contributed by atoms with Crippen molar-refractivity contribution in [3.05, 3.63) is 53.7 Å². The molecule has 3 rings (SSSR count). The number of nitrogens with zero attached hydrogens (tertiary/aromatic N) is 3. The number of fused-ring (bicyclic) bond motifs is 1. The van der Waals surface area contributed by atoms with Gasteiger partial charge in [0.25, 0.3) is 5.91 Å². The molecule has 0 aliphatic carbocycles. The molecule has 0 saturated carbocycles. The van der Waals surface area contributed by atoms with Crippen molar-refractivity contribution in [3.63, 3.8) is 0 Å². The fourth-order valence-corrected chi connectivity index (χ4v) is 2.77. The zero-order valence-electron chi connectivity index (χ0n) is 14.9. The number of rotatable bonds is 5. The molecule has 1 unspecified atom stereocenters. The summed E-state index contributed by atoms with van der Waals surface area (Å²) in [6.07, 6.45) is 1.14. The molecule has 2 heterocycles. The summed E-state index contributed by atoms with van der Waals surface area (Å²) in [5.41, 5.74) is 3.11. The van der Waals surface area contributed by atoms with Crippen LogP contribution < -0.4 is 10.1 Å². The van der Waals surface area contributed by atoms with Gasteiger partial charge >= 0.3 is 0 Å². The lowest BCUT2D eigenvalue weighted by atomic mass is 9.98. The van der Waals surface area contributed by atoms with Gasteiger partial charge in [-0.1, -0.05) is 26.0 Å². The number of aryl methyl sites for hydroxylation is 1. The van der Waals surface area contributed by atoms with Crippen LogP contribution in [0.25, 0.3) is 5.65 Å². The van der Waals surface area contributed by atoms with E-state index in [1.54, 1.807) is 17.5 Å². The number of anilines is 1. The predicted molar refractivity (Wildman–Crippen MR) is 97.0 cm³/mol. The number of benzene rings is 1. The van der Waals surface area contributed by atoms with Crippen LogP contribution in [0.5, 0.6) is 5.75 Å². The standard InChI is InChI=1S/C19H22N4O2/c1-12(2)16-9-8-15(11-13(16)3)25-14(4)18(24)20-19-22-21-17-7-5-6-10-23(17)19/h5-12,14H,1-4H3,(H,20,22,24). The highest BCUT2D eigenvalue weighted by Crippen LogP contribution is 2.24. The Balaban J connectivity index is 1.69. The minimum Gasteiger partial charge on any atom is -0.481 e. The molecule has 130 valence electrons. The van der Waals surface area contributed by atoms with Crippen molar-refractivity contribution in [1.29, 1.82) is 0 Å². The molecule has 6 heteroatoms. The van der Waals surface area contributed by atoms with Crippen molar-refractivity contribution in [3.8, 4) is 5.75 Å². The molecule has 0 aliphatic rings. The van der Waals surface area contributed by atoms with Crippen LogP contribution in [-0.2, 0) is 4.79 Å². The molecule has 25 heavy (non-hydrogen) atoms. The lowest BCUT2D eigenvalue weighted by Crippen LogP contribution is -2.30. The van der Waals surface area contributed by atoms with Crippen molar-refractivity contribution in [2.75, 3.05) is 5.32 Å². The minimum atomic E-state index is -0.652. The van der Waals surface area contributed by atoms with Gasteiger partial charge in [0, 0.05) is 6.20 Å². The highest BCUT2D eigenvalue weighted by atomic mass is 16.5. The summed E-state index contributed by atoms with van der Waals surface area (Å²) in [5, 5.41) is 10.8. The van der Waals surface area contributed by atoms with Gasteiger partial charge in [0.2, 0.25) is 5.95 Å². The third-order valence-electron chi connectivity index (χ3n) is 4.09. The first-order valence-electron chi connectivity index (χ1n) is 8.33. The average Bonchev–Trinajstić information content (AvgIpc) is 2.97. The molecule has 2 aromatic heterocycles. The summed E-state index contributed by atoms with van der Waals surface area (Å²) in [6.45, 7) is 8.07. The molecule has 6 nitrogen and oxygen atoms in total. The van der Waals surface area contributed by atoms with E-state index in [1.165, 1.54) is 5.56 Å². The second kappa shape index (κ2) is 6.93. The number of amides is 1. The Kier molecular flexibility index (Phi) is 4.70. The van der Waals surface area contributed by atoms with E-state index >= 15 is 0 Å². The van der Waals surface area contributed by atoms with Gasteiger partial charge in [-0.2, -0.15) is 0 Å². The van der Waals surface area contributed by atoms with E-state index in [1.807, 2.05) is 36.4 Å². The van der Waals surface area contributed by atoms with Gasteiger partial charge < -0.3 is 4.74 Å². The summed E-state index contributed by atoms with van der Waals surface area (Å²) in [7, 11) is 0. The van der Waals surface area contributed by atoms with Crippen molar-refractivity contribution in [2.45, 2.75) is 39.7 Å². The Morgan fingerprint density at radius 1 is 1.16 bits per heavy atom. The maximum atomic E-state index is 12.4. The first kappa shape index (κ1) is 17.0. The van der Waals surface area contributed by atoms with Gasteiger partial charge in [-0.25, -0.2) is 0 Å². The van der Waals surface area contributed by atoms with E-state index in [-0.39, 0.29) is 5.91 Å². The molecule has 0 fully saturated rings. The summed E-state index contributed by atoms with van der Waals surface area (Å²) in [5.74, 6) is 1.23. The number of carbonyl (C=O) groups is 1. The van der Waals surface area contributed by atoms with Crippen LogP contribution in [0, 0.1) is 6.92 Å². The Labute approximate surface area is 146 Å². The average molecular weight is 338 g/mol. The van der Waals surface area contributed by atoms with Crippen LogP contribution in [0.4, 0.5) is 5.95 Å². The maximum absolute atomic E-state index is 12.4. The molecule has 0 bridgehead atoms.